The van der Waals surface area contributed by atoms with Gasteiger partial charge in [0.1, 0.15) is 5.84 Å². The number of nitrogens with one attached hydrogen (secondary N) is 2. The van der Waals surface area contributed by atoms with Gasteiger partial charge in [-0.2, -0.15) is 0 Å². The Hall–Kier alpha value is -1.35. The molecule has 1 aromatic rings. The molecule has 108 valence electrons. The monoisotopic (exact) mass is 271 g/mol. The van der Waals surface area contributed by atoms with E-state index in [4.69, 9.17) is 4.99 Å². The van der Waals surface area contributed by atoms with Gasteiger partial charge < -0.3 is 10.6 Å². The number of amidine groups is 1. The summed E-state index contributed by atoms with van der Waals surface area (Å²) < 4.78 is 0. The minimum Gasteiger partial charge on any atom is -0.370 e. The minimum atomic E-state index is 0.244. The van der Waals surface area contributed by atoms with E-state index in [9.17, 15) is 0 Å². The van der Waals surface area contributed by atoms with E-state index in [1.54, 1.807) is 0 Å². The first-order valence-corrected chi connectivity index (χ1v) is 8.03. The van der Waals surface area contributed by atoms with Crippen molar-refractivity contribution in [2.75, 3.05) is 13.1 Å². The number of hydrogen-bond acceptors (Lipinski definition) is 3. The fourth-order valence-electron chi connectivity index (χ4n) is 3.26. The Labute approximate surface area is 121 Å². The average molecular weight is 271 g/mol. The predicted molar refractivity (Wildman–Crippen MR) is 84.1 cm³/mol. The molecule has 3 rings (SSSR count). The number of nitrogens with zero attached hydrogens (tertiary/aromatic N) is 1. The molecule has 0 saturated heterocycles. The van der Waals surface area contributed by atoms with Crippen molar-refractivity contribution in [2.45, 2.75) is 50.6 Å². The Kier molecular flexibility index (Phi) is 4.69. The normalized spacial score (nSPS) is 24.8. The van der Waals surface area contributed by atoms with Gasteiger partial charge in [-0.15, -0.1) is 0 Å². The molecular formula is C17H25N3. The summed E-state index contributed by atoms with van der Waals surface area (Å²) in [6, 6.07) is 11.5. The third kappa shape index (κ3) is 3.40. The molecule has 1 atom stereocenters. The zero-order valence-corrected chi connectivity index (χ0v) is 12.1. The van der Waals surface area contributed by atoms with Gasteiger partial charge in [0.2, 0.25) is 0 Å². The fraction of sp³-hybridized carbons (Fsp3) is 0.588. The lowest BCUT2D eigenvalue weighted by molar-refractivity contribution is 0.506. The van der Waals surface area contributed by atoms with E-state index in [1.807, 2.05) is 0 Å². The molecule has 1 aromatic carbocycles. The molecule has 1 aliphatic carbocycles. The van der Waals surface area contributed by atoms with E-state index < -0.39 is 0 Å². The molecule has 0 aromatic heterocycles. The van der Waals surface area contributed by atoms with Crippen molar-refractivity contribution < 1.29 is 0 Å². The van der Waals surface area contributed by atoms with Crippen LogP contribution in [0.3, 0.4) is 0 Å². The van der Waals surface area contributed by atoms with Crippen molar-refractivity contribution in [3.8, 4) is 0 Å². The maximum atomic E-state index is 4.76. The van der Waals surface area contributed by atoms with E-state index in [0.29, 0.717) is 6.04 Å². The number of aliphatic imine (C=N–C) groups is 1. The summed E-state index contributed by atoms with van der Waals surface area (Å²) in [6.07, 6.45) is 8.08. The molecule has 0 bridgehead atoms. The molecule has 1 fully saturated rings. The second-order valence-electron chi connectivity index (χ2n) is 5.90. The summed E-state index contributed by atoms with van der Waals surface area (Å²) in [5, 5.41) is 7.33. The maximum Gasteiger partial charge on any atom is 0.118 e. The van der Waals surface area contributed by atoms with Crippen LogP contribution in [-0.2, 0) is 0 Å². The minimum absolute atomic E-state index is 0.244. The van der Waals surface area contributed by atoms with Crippen LogP contribution in [0.15, 0.2) is 35.3 Å². The summed E-state index contributed by atoms with van der Waals surface area (Å²) in [7, 11) is 0. The fourth-order valence-corrected chi connectivity index (χ4v) is 3.26. The lowest BCUT2D eigenvalue weighted by atomic mass is 10.0. The van der Waals surface area contributed by atoms with Crippen LogP contribution in [0.25, 0.3) is 0 Å². The van der Waals surface area contributed by atoms with Gasteiger partial charge in [0.25, 0.3) is 0 Å². The number of benzene rings is 1. The average Bonchev–Trinajstić information content (AvgIpc) is 2.77. The first-order chi connectivity index (χ1) is 9.93. The van der Waals surface area contributed by atoms with Crippen LogP contribution >= 0.6 is 0 Å². The highest BCUT2D eigenvalue weighted by Gasteiger charge is 2.23. The lowest BCUT2D eigenvalue weighted by Crippen LogP contribution is -2.46. The van der Waals surface area contributed by atoms with Crippen molar-refractivity contribution in [3.63, 3.8) is 0 Å². The molecule has 2 N–H and O–H groups in total. The number of rotatable bonds is 2. The zero-order valence-electron chi connectivity index (χ0n) is 12.1. The van der Waals surface area contributed by atoms with Gasteiger partial charge in [-0.1, -0.05) is 56.0 Å². The van der Waals surface area contributed by atoms with Gasteiger partial charge in [-0.3, -0.25) is 4.99 Å². The van der Waals surface area contributed by atoms with Crippen LogP contribution in [0, 0.1) is 0 Å². The first-order valence-electron chi connectivity index (χ1n) is 8.03. The molecule has 1 unspecified atom stereocenters. The molecule has 20 heavy (non-hydrogen) atoms. The molecule has 2 aliphatic rings. The summed E-state index contributed by atoms with van der Waals surface area (Å²) in [4.78, 5) is 4.76. The lowest BCUT2D eigenvalue weighted by Gasteiger charge is -2.29. The van der Waals surface area contributed by atoms with Crippen LogP contribution in [0.5, 0.6) is 0 Å². The summed E-state index contributed by atoms with van der Waals surface area (Å²) in [5.41, 5.74) is 1.31. The van der Waals surface area contributed by atoms with Crippen LogP contribution < -0.4 is 10.6 Å². The largest absolute Gasteiger partial charge is 0.370 e. The van der Waals surface area contributed by atoms with Gasteiger partial charge in [-0.25, -0.2) is 0 Å². The zero-order chi connectivity index (χ0) is 13.6. The van der Waals surface area contributed by atoms with Crippen LogP contribution in [0.4, 0.5) is 0 Å². The molecule has 1 saturated carbocycles. The van der Waals surface area contributed by atoms with Crippen LogP contribution in [0.1, 0.15) is 50.1 Å². The molecule has 0 radical (unpaired) electrons. The van der Waals surface area contributed by atoms with E-state index in [1.165, 1.54) is 44.1 Å². The van der Waals surface area contributed by atoms with Crippen molar-refractivity contribution in [1.82, 2.24) is 10.6 Å². The quantitative estimate of drug-likeness (QED) is 0.811. The van der Waals surface area contributed by atoms with E-state index in [2.05, 4.69) is 41.0 Å². The molecule has 0 spiro atoms. The molecule has 3 nitrogen and oxygen atoms in total. The van der Waals surface area contributed by atoms with E-state index in [-0.39, 0.29) is 6.04 Å². The van der Waals surface area contributed by atoms with Gasteiger partial charge in [0.15, 0.2) is 0 Å². The Morgan fingerprint density at radius 3 is 2.50 bits per heavy atom. The summed E-state index contributed by atoms with van der Waals surface area (Å²) in [5.74, 6) is 1.15. The topological polar surface area (TPSA) is 36.4 Å². The Morgan fingerprint density at radius 2 is 1.75 bits per heavy atom. The van der Waals surface area contributed by atoms with E-state index in [0.717, 1.165) is 18.9 Å². The summed E-state index contributed by atoms with van der Waals surface area (Å²) in [6.45, 7) is 1.85. The smallest absolute Gasteiger partial charge is 0.118 e. The van der Waals surface area contributed by atoms with Crippen molar-refractivity contribution in [2.24, 2.45) is 4.99 Å². The SMILES string of the molecule is c1ccc(C2NCCN=C2NC2CCCCCC2)cc1. The second-order valence-corrected chi connectivity index (χ2v) is 5.90. The van der Waals surface area contributed by atoms with Crippen molar-refractivity contribution in [3.05, 3.63) is 35.9 Å². The maximum absolute atomic E-state index is 4.76. The second kappa shape index (κ2) is 6.89. The molecule has 0 amide bonds. The van der Waals surface area contributed by atoms with Crippen molar-refractivity contribution in [1.29, 1.82) is 0 Å². The Bertz CT molecular complexity index is 433. The van der Waals surface area contributed by atoms with Gasteiger partial charge in [0, 0.05) is 12.6 Å². The van der Waals surface area contributed by atoms with Gasteiger partial charge >= 0.3 is 0 Å². The first kappa shape index (κ1) is 13.6. The van der Waals surface area contributed by atoms with Crippen LogP contribution in [0.2, 0.25) is 0 Å². The Balaban J connectivity index is 1.70. The highest BCUT2D eigenvalue weighted by atomic mass is 15.1. The predicted octanol–water partition coefficient (Wildman–Crippen LogP) is 3.04. The Morgan fingerprint density at radius 1 is 1.00 bits per heavy atom. The molecule has 1 aliphatic heterocycles. The number of hydrogen-bond donors (Lipinski definition) is 2. The molecular weight excluding hydrogens is 246 g/mol. The van der Waals surface area contributed by atoms with Gasteiger partial charge in [-0.05, 0) is 18.4 Å². The summed E-state index contributed by atoms with van der Waals surface area (Å²) >= 11 is 0. The molecule has 3 heteroatoms. The standard InChI is InChI=1S/C17H25N3/c1-2-7-11-15(10-6-1)20-17-16(18-12-13-19-17)14-8-4-3-5-9-14/h3-5,8-9,15-16,18H,1-2,6-7,10-13H2,(H,19,20). The van der Waals surface area contributed by atoms with Crippen molar-refractivity contribution >= 4 is 5.84 Å². The molecule has 1 heterocycles. The highest BCUT2D eigenvalue weighted by molar-refractivity contribution is 5.89. The third-order valence-corrected chi connectivity index (χ3v) is 4.36. The highest BCUT2D eigenvalue weighted by Crippen LogP contribution is 2.20. The van der Waals surface area contributed by atoms with E-state index >= 15 is 0 Å². The van der Waals surface area contributed by atoms with Crippen LogP contribution in [-0.4, -0.2) is 25.0 Å². The third-order valence-electron chi connectivity index (χ3n) is 4.36. The van der Waals surface area contributed by atoms with Gasteiger partial charge in [0.05, 0.1) is 12.6 Å².